The zero-order valence-electron chi connectivity index (χ0n) is 7.36. The second-order valence-corrected chi connectivity index (χ2v) is 3.38. The molecule has 6 nitrogen and oxygen atoms in total. The van der Waals surface area contributed by atoms with E-state index in [1.54, 1.807) is 10.6 Å². The highest BCUT2D eigenvalue weighted by atomic mass is 16.4. The van der Waals surface area contributed by atoms with Crippen molar-refractivity contribution in [1.82, 2.24) is 0 Å². The molecule has 0 saturated carbocycles. The predicted octanol–water partition coefficient (Wildman–Crippen LogP) is -3.38. The minimum atomic E-state index is -0.749. The Morgan fingerprint density at radius 3 is 2.69 bits per heavy atom. The minimum Gasteiger partial charge on any atom is -0.477 e. The highest BCUT2D eigenvalue weighted by molar-refractivity contribution is 5.71. The second-order valence-electron chi connectivity index (χ2n) is 3.38. The molecule has 1 saturated heterocycles. The van der Waals surface area contributed by atoms with Crippen LogP contribution in [0.25, 0.3) is 0 Å². The number of nitrogens with one attached hydrogen (secondary N) is 1. The first kappa shape index (κ1) is 9.94. The molecule has 1 aliphatic heterocycles. The second kappa shape index (κ2) is 4.20. The van der Waals surface area contributed by atoms with E-state index in [4.69, 9.17) is 16.2 Å². The lowest BCUT2D eigenvalue weighted by Crippen LogP contribution is -3.06. The van der Waals surface area contributed by atoms with Crippen molar-refractivity contribution < 1.29 is 20.5 Å². The van der Waals surface area contributed by atoms with E-state index in [2.05, 4.69) is 0 Å². The fourth-order valence-corrected chi connectivity index (χ4v) is 1.60. The van der Waals surface area contributed by atoms with Gasteiger partial charge in [-0.05, 0) is 0 Å². The van der Waals surface area contributed by atoms with Crippen molar-refractivity contribution in [3.63, 3.8) is 0 Å². The summed E-state index contributed by atoms with van der Waals surface area (Å²) in [5.74, 6) is -0.673. The molecule has 0 amide bonds. The van der Waals surface area contributed by atoms with E-state index < -0.39 is 5.97 Å². The molecule has 0 aliphatic carbocycles. The standard InChI is InChI=1S/C7H14N4O2/c8-7(9)11-4-1-2-5(6(12)13)10-3-4/h4-5,10H,1-3H2,(H,12,13)(H4,8,9,11)/p+2/t4-,5+/m1/s1. The molecule has 6 heteroatoms. The van der Waals surface area contributed by atoms with Crippen molar-refractivity contribution in [1.29, 1.82) is 5.41 Å². The lowest BCUT2D eigenvalue weighted by Gasteiger charge is -2.21. The van der Waals surface area contributed by atoms with Crippen molar-refractivity contribution in [2.24, 2.45) is 5.73 Å². The van der Waals surface area contributed by atoms with Gasteiger partial charge in [0, 0.05) is 12.8 Å². The molecular weight excluding hydrogens is 172 g/mol. The first-order chi connectivity index (χ1) is 6.09. The van der Waals surface area contributed by atoms with Gasteiger partial charge in [-0.1, -0.05) is 0 Å². The Labute approximate surface area is 76.0 Å². The number of carboxylic acid groups (broad SMARTS) is 1. The minimum absolute atomic E-state index is 0.0761. The van der Waals surface area contributed by atoms with Gasteiger partial charge in [-0.25, -0.2) is 10.2 Å². The largest absolute Gasteiger partial charge is 0.477 e. The van der Waals surface area contributed by atoms with E-state index in [1.807, 2.05) is 0 Å². The molecule has 0 aromatic rings. The molecule has 8 N–H and O–H groups in total. The van der Waals surface area contributed by atoms with Crippen LogP contribution in [0.1, 0.15) is 12.8 Å². The number of carbonyl (C=O) groups is 1. The summed E-state index contributed by atoms with van der Waals surface area (Å²) in [6, 6.07) is -0.0512. The summed E-state index contributed by atoms with van der Waals surface area (Å²) in [5, 5.41) is 19.2. The van der Waals surface area contributed by atoms with E-state index in [9.17, 15) is 4.79 Å². The summed E-state index contributed by atoms with van der Waals surface area (Å²) in [5.41, 5.74) is 5.22. The van der Waals surface area contributed by atoms with Crippen LogP contribution in [0.15, 0.2) is 0 Å². The average Bonchev–Trinajstić information content (AvgIpc) is 2.04. The topological polar surface area (TPSA) is 120 Å². The molecule has 1 heterocycles. The van der Waals surface area contributed by atoms with Crippen LogP contribution in [0.3, 0.4) is 0 Å². The Bertz CT molecular complexity index is 211. The van der Waals surface area contributed by atoms with E-state index in [-0.39, 0.29) is 18.0 Å². The van der Waals surface area contributed by atoms with Crippen LogP contribution in [0.4, 0.5) is 0 Å². The SMILES string of the molecule is N=C(N)[NH2+][C@@H]1CC[C@@H](C(=O)O)[NH2+]C1. The molecule has 0 spiro atoms. The third-order valence-corrected chi connectivity index (χ3v) is 2.30. The van der Waals surface area contributed by atoms with E-state index in [0.29, 0.717) is 6.42 Å². The summed E-state index contributed by atoms with van der Waals surface area (Å²) in [7, 11) is 0. The van der Waals surface area contributed by atoms with Gasteiger partial charge >= 0.3 is 5.97 Å². The number of rotatable bonds is 2. The molecule has 0 bridgehead atoms. The quantitative estimate of drug-likeness (QED) is 0.230. The predicted molar refractivity (Wildman–Crippen MR) is 45.1 cm³/mol. The van der Waals surface area contributed by atoms with Crippen molar-refractivity contribution in [3.05, 3.63) is 0 Å². The number of aliphatic carboxylic acids is 1. The maximum atomic E-state index is 10.6. The van der Waals surface area contributed by atoms with Crippen LogP contribution in [0, 0.1) is 5.41 Å². The average molecular weight is 188 g/mol. The van der Waals surface area contributed by atoms with E-state index >= 15 is 0 Å². The number of piperidine rings is 1. The maximum absolute atomic E-state index is 10.6. The third-order valence-electron chi connectivity index (χ3n) is 2.30. The first-order valence-corrected chi connectivity index (χ1v) is 4.34. The van der Waals surface area contributed by atoms with E-state index in [0.717, 1.165) is 13.0 Å². The van der Waals surface area contributed by atoms with Gasteiger partial charge in [0.1, 0.15) is 12.6 Å². The zero-order chi connectivity index (χ0) is 9.84. The lowest BCUT2D eigenvalue weighted by molar-refractivity contribution is -0.736. The van der Waals surface area contributed by atoms with Gasteiger partial charge < -0.3 is 16.2 Å². The summed E-state index contributed by atoms with van der Waals surface area (Å²) in [4.78, 5) is 10.6. The van der Waals surface area contributed by atoms with Gasteiger partial charge in [0.2, 0.25) is 0 Å². The highest BCUT2D eigenvalue weighted by Crippen LogP contribution is 1.99. The fourth-order valence-electron chi connectivity index (χ4n) is 1.60. The number of hydrogen-bond acceptors (Lipinski definition) is 2. The molecule has 2 atom stereocenters. The molecule has 13 heavy (non-hydrogen) atoms. The smallest absolute Gasteiger partial charge is 0.362 e. The van der Waals surface area contributed by atoms with Crippen LogP contribution >= 0.6 is 0 Å². The van der Waals surface area contributed by atoms with Gasteiger partial charge in [0.15, 0.2) is 6.04 Å². The van der Waals surface area contributed by atoms with Crippen LogP contribution in [-0.4, -0.2) is 35.7 Å². The number of guanidine groups is 1. The van der Waals surface area contributed by atoms with Gasteiger partial charge in [-0.15, -0.1) is 0 Å². The highest BCUT2D eigenvalue weighted by Gasteiger charge is 2.31. The Morgan fingerprint density at radius 1 is 1.62 bits per heavy atom. The normalized spacial score (nSPS) is 28.3. The van der Waals surface area contributed by atoms with Gasteiger partial charge in [-0.3, -0.25) is 5.32 Å². The summed E-state index contributed by atoms with van der Waals surface area (Å²) >= 11 is 0. The molecule has 74 valence electrons. The monoisotopic (exact) mass is 188 g/mol. The molecular formula is C7H16N4O2+2. The van der Waals surface area contributed by atoms with Crippen LogP contribution < -0.4 is 16.4 Å². The Hall–Kier alpha value is -1.14. The number of hydrogen-bond donors (Lipinski definition) is 5. The molecule has 1 aliphatic rings. The molecule has 1 fully saturated rings. The molecule has 1 rings (SSSR count). The maximum Gasteiger partial charge on any atom is 0.362 e. The zero-order valence-corrected chi connectivity index (χ0v) is 7.36. The Balaban J connectivity index is 2.30. The van der Waals surface area contributed by atoms with Crippen LogP contribution in [0.2, 0.25) is 0 Å². The molecule has 0 unspecified atom stereocenters. The number of nitrogens with two attached hydrogens (primary N) is 3. The third kappa shape index (κ3) is 3.00. The van der Waals surface area contributed by atoms with Crippen molar-refractivity contribution in [2.75, 3.05) is 6.54 Å². The van der Waals surface area contributed by atoms with Gasteiger partial charge in [-0.2, -0.15) is 0 Å². The van der Waals surface area contributed by atoms with Crippen molar-refractivity contribution in [3.8, 4) is 0 Å². The van der Waals surface area contributed by atoms with Crippen molar-refractivity contribution >= 4 is 11.9 Å². The van der Waals surface area contributed by atoms with Gasteiger partial charge in [0.25, 0.3) is 5.96 Å². The summed E-state index contributed by atoms with van der Waals surface area (Å²) in [6.07, 6.45) is 1.47. The van der Waals surface area contributed by atoms with Crippen LogP contribution in [0.5, 0.6) is 0 Å². The van der Waals surface area contributed by atoms with Crippen LogP contribution in [-0.2, 0) is 4.79 Å². The number of carboxylic acids is 1. The Kier molecular flexibility index (Phi) is 3.21. The Morgan fingerprint density at radius 2 is 2.31 bits per heavy atom. The van der Waals surface area contributed by atoms with Crippen molar-refractivity contribution in [2.45, 2.75) is 24.9 Å². The van der Waals surface area contributed by atoms with E-state index in [1.165, 1.54) is 0 Å². The molecule has 0 aromatic carbocycles. The summed E-state index contributed by atoms with van der Waals surface area (Å²) in [6.45, 7) is 0.719. The fraction of sp³-hybridized carbons (Fsp3) is 0.714. The number of quaternary nitrogens is 2. The lowest BCUT2D eigenvalue weighted by atomic mass is 10.0. The van der Waals surface area contributed by atoms with Gasteiger partial charge in [0.05, 0.1) is 0 Å². The first-order valence-electron chi connectivity index (χ1n) is 4.34. The molecule has 0 radical (unpaired) electrons. The summed E-state index contributed by atoms with van der Waals surface area (Å²) < 4.78 is 0. The molecule has 0 aromatic heterocycles.